The molecule has 8 nitrogen and oxygen atoms in total. The number of hydrogen-bond donors (Lipinski definition) is 3. The highest BCUT2D eigenvalue weighted by molar-refractivity contribution is 5.86. The fourth-order valence-electron chi connectivity index (χ4n) is 3.77. The van der Waals surface area contributed by atoms with Gasteiger partial charge in [-0.1, -0.05) is 30.3 Å². The number of aromatic nitrogens is 1. The second kappa shape index (κ2) is 9.67. The Morgan fingerprint density at radius 2 is 1.94 bits per heavy atom. The summed E-state index contributed by atoms with van der Waals surface area (Å²) in [5.41, 5.74) is 2.92. The molecule has 172 valence electrons. The molecule has 1 aromatic carbocycles. The van der Waals surface area contributed by atoms with Crippen molar-refractivity contribution in [1.29, 1.82) is 0 Å². The average Bonchev–Trinajstić information content (AvgIpc) is 3.13. The number of ether oxygens (including phenoxy) is 1. The molecule has 1 aliphatic rings. The van der Waals surface area contributed by atoms with E-state index in [-0.39, 0.29) is 19.6 Å². The Bertz CT molecular complexity index is 955. The van der Waals surface area contributed by atoms with E-state index in [1.165, 1.54) is 4.90 Å². The summed E-state index contributed by atoms with van der Waals surface area (Å²) in [7, 11) is 0. The summed E-state index contributed by atoms with van der Waals surface area (Å²) in [6.07, 6.45) is 0.395. The first-order valence-corrected chi connectivity index (χ1v) is 10.7. The van der Waals surface area contributed by atoms with E-state index < -0.39 is 35.8 Å². The van der Waals surface area contributed by atoms with Crippen LogP contribution in [0.15, 0.2) is 42.6 Å². The molecule has 3 atom stereocenters. The molecule has 0 unspecified atom stereocenters. The number of pyridine rings is 1. The smallest absolute Gasteiger partial charge is 0.411 e. The van der Waals surface area contributed by atoms with Crippen LogP contribution in [0.1, 0.15) is 44.5 Å². The lowest BCUT2D eigenvalue weighted by atomic mass is 10.00. The van der Waals surface area contributed by atoms with Gasteiger partial charge in [-0.25, -0.2) is 4.79 Å². The monoisotopic (exact) mass is 441 g/mol. The minimum absolute atomic E-state index is 0.0238. The van der Waals surface area contributed by atoms with Crippen molar-refractivity contribution in [1.82, 2.24) is 15.2 Å². The Hall–Kier alpha value is -2.97. The molecule has 0 spiro atoms. The fourth-order valence-corrected chi connectivity index (χ4v) is 3.77. The lowest BCUT2D eigenvalue weighted by Gasteiger charge is -2.28. The summed E-state index contributed by atoms with van der Waals surface area (Å²) in [6.45, 7) is 6.88. The van der Waals surface area contributed by atoms with Crippen molar-refractivity contribution in [3.8, 4) is 11.1 Å². The molecular weight excluding hydrogens is 410 g/mol. The number of amides is 2. The predicted molar refractivity (Wildman–Crippen MR) is 120 cm³/mol. The van der Waals surface area contributed by atoms with Gasteiger partial charge in [-0.3, -0.25) is 14.7 Å². The zero-order valence-corrected chi connectivity index (χ0v) is 18.9. The Morgan fingerprint density at radius 3 is 2.53 bits per heavy atom. The van der Waals surface area contributed by atoms with Gasteiger partial charge in [0.1, 0.15) is 11.6 Å². The number of aryl methyl sites for hydroxylation is 1. The number of nitrogens with one attached hydrogen (secondary N) is 1. The lowest BCUT2D eigenvalue weighted by molar-refractivity contribution is -0.126. The van der Waals surface area contributed by atoms with E-state index in [1.807, 2.05) is 43.3 Å². The standard InChI is InChI=1S/C24H31N3O5/c1-15-19(6-5-11-25-15)16-7-9-17(10-8-16)20(14-28)26-22(30)21-12-18(29)13-27(21)23(31)32-24(2,3)4/h5-11,18,20-21,28-29H,12-14H2,1-4H3,(H,26,30)/t18-,20+,21+/m1/s1. The number of carbonyl (C=O) groups is 2. The molecule has 3 N–H and O–H groups in total. The number of aliphatic hydroxyl groups is 2. The number of nitrogens with zero attached hydrogens (tertiary/aromatic N) is 2. The van der Waals surface area contributed by atoms with Crippen molar-refractivity contribution >= 4 is 12.0 Å². The molecule has 1 fully saturated rings. The number of rotatable bonds is 5. The van der Waals surface area contributed by atoms with E-state index in [9.17, 15) is 19.8 Å². The Morgan fingerprint density at radius 1 is 1.25 bits per heavy atom. The van der Waals surface area contributed by atoms with Crippen LogP contribution in [0.4, 0.5) is 4.79 Å². The van der Waals surface area contributed by atoms with Crippen LogP contribution >= 0.6 is 0 Å². The largest absolute Gasteiger partial charge is 0.444 e. The van der Waals surface area contributed by atoms with Crippen LogP contribution in [-0.4, -0.2) is 63.0 Å². The van der Waals surface area contributed by atoms with Gasteiger partial charge in [0, 0.05) is 23.9 Å². The number of likely N-dealkylation sites (tertiary alicyclic amines) is 1. The molecule has 3 rings (SSSR count). The van der Waals surface area contributed by atoms with Crippen molar-refractivity contribution in [2.24, 2.45) is 0 Å². The maximum Gasteiger partial charge on any atom is 0.411 e. The molecule has 2 aromatic rings. The molecular formula is C24H31N3O5. The molecule has 0 aliphatic carbocycles. The molecule has 1 aliphatic heterocycles. The van der Waals surface area contributed by atoms with E-state index in [2.05, 4.69) is 10.3 Å². The van der Waals surface area contributed by atoms with Crippen molar-refractivity contribution < 1.29 is 24.5 Å². The summed E-state index contributed by atoms with van der Waals surface area (Å²) in [4.78, 5) is 31.0. The van der Waals surface area contributed by atoms with Gasteiger partial charge < -0.3 is 20.3 Å². The topological polar surface area (TPSA) is 112 Å². The fraction of sp³-hybridized carbons (Fsp3) is 0.458. The molecule has 2 heterocycles. The van der Waals surface area contributed by atoms with Gasteiger partial charge in [0.25, 0.3) is 0 Å². The van der Waals surface area contributed by atoms with Crippen molar-refractivity contribution in [3.63, 3.8) is 0 Å². The number of hydrogen-bond acceptors (Lipinski definition) is 6. The van der Waals surface area contributed by atoms with E-state index in [4.69, 9.17) is 4.74 Å². The normalized spacial score (nSPS) is 19.5. The van der Waals surface area contributed by atoms with Gasteiger partial charge in [-0.15, -0.1) is 0 Å². The van der Waals surface area contributed by atoms with Crippen molar-refractivity contribution in [3.05, 3.63) is 53.9 Å². The number of aliphatic hydroxyl groups excluding tert-OH is 2. The summed E-state index contributed by atoms with van der Waals surface area (Å²) < 4.78 is 5.37. The maximum atomic E-state index is 13.0. The van der Waals surface area contributed by atoms with E-state index >= 15 is 0 Å². The molecule has 0 saturated carbocycles. The average molecular weight is 442 g/mol. The van der Waals surface area contributed by atoms with Crippen LogP contribution in [0.25, 0.3) is 11.1 Å². The van der Waals surface area contributed by atoms with Crippen LogP contribution in [-0.2, 0) is 9.53 Å². The summed E-state index contributed by atoms with van der Waals surface area (Å²) in [5, 5.41) is 22.8. The minimum Gasteiger partial charge on any atom is -0.444 e. The van der Waals surface area contributed by atoms with Gasteiger partial charge >= 0.3 is 6.09 Å². The van der Waals surface area contributed by atoms with Crippen LogP contribution < -0.4 is 5.32 Å². The number of carbonyl (C=O) groups excluding carboxylic acids is 2. The molecule has 0 bridgehead atoms. The summed E-state index contributed by atoms with van der Waals surface area (Å²) >= 11 is 0. The Balaban J connectivity index is 1.72. The second-order valence-electron chi connectivity index (χ2n) is 9.04. The minimum atomic E-state index is -0.869. The van der Waals surface area contributed by atoms with Crippen LogP contribution in [0, 0.1) is 6.92 Å². The predicted octanol–water partition coefficient (Wildman–Crippen LogP) is 2.58. The second-order valence-corrected chi connectivity index (χ2v) is 9.04. The van der Waals surface area contributed by atoms with Crippen LogP contribution in [0.2, 0.25) is 0 Å². The van der Waals surface area contributed by atoms with E-state index in [0.717, 1.165) is 22.4 Å². The highest BCUT2D eigenvalue weighted by Crippen LogP contribution is 2.25. The molecule has 2 amide bonds. The SMILES string of the molecule is Cc1ncccc1-c1ccc([C@H](CO)NC(=O)[C@@H]2C[C@@H](O)CN2C(=O)OC(C)(C)C)cc1. The Labute approximate surface area is 188 Å². The number of β-amino-alcohol motifs (C(OH)–C–C–N with tert-alkyl or cyclic N) is 1. The molecule has 1 saturated heterocycles. The Kier molecular flexibility index (Phi) is 7.16. The first-order valence-electron chi connectivity index (χ1n) is 10.7. The molecule has 1 aromatic heterocycles. The highest BCUT2D eigenvalue weighted by atomic mass is 16.6. The van der Waals surface area contributed by atoms with Gasteiger partial charge in [0.2, 0.25) is 5.91 Å². The summed E-state index contributed by atoms with van der Waals surface area (Å²) in [6, 6.07) is 9.87. The van der Waals surface area contributed by atoms with E-state index in [1.54, 1.807) is 27.0 Å². The van der Waals surface area contributed by atoms with Gasteiger partial charge in [-0.2, -0.15) is 0 Å². The van der Waals surface area contributed by atoms with Gasteiger partial charge in [-0.05, 0) is 44.9 Å². The molecule has 32 heavy (non-hydrogen) atoms. The first kappa shape index (κ1) is 23.7. The first-order chi connectivity index (χ1) is 15.1. The lowest BCUT2D eigenvalue weighted by Crippen LogP contribution is -2.48. The highest BCUT2D eigenvalue weighted by Gasteiger charge is 2.41. The number of benzene rings is 1. The van der Waals surface area contributed by atoms with Crippen LogP contribution in [0.5, 0.6) is 0 Å². The van der Waals surface area contributed by atoms with Gasteiger partial charge in [0.15, 0.2) is 0 Å². The third-order valence-corrected chi connectivity index (χ3v) is 5.34. The zero-order chi connectivity index (χ0) is 23.5. The van der Waals surface area contributed by atoms with Crippen molar-refractivity contribution in [2.45, 2.75) is 57.9 Å². The maximum absolute atomic E-state index is 13.0. The molecule has 8 heteroatoms. The van der Waals surface area contributed by atoms with Crippen LogP contribution in [0.3, 0.4) is 0 Å². The molecule has 0 radical (unpaired) electrons. The third-order valence-electron chi connectivity index (χ3n) is 5.34. The summed E-state index contributed by atoms with van der Waals surface area (Å²) in [5.74, 6) is -0.446. The quantitative estimate of drug-likeness (QED) is 0.658. The third kappa shape index (κ3) is 5.63. The van der Waals surface area contributed by atoms with Gasteiger partial charge in [0.05, 0.1) is 25.3 Å². The zero-order valence-electron chi connectivity index (χ0n) is 18.9. The van der Waals surface area contributed by atoms with Crippen molar-refractivity contribution in [2.75, 3.05) is 13.2 Å². The van der Waals surface area contributed by atoms with E-state index in [0.29, 0.717) is 0 Å².